The van der Waals surface area contributed by atoms with Gasteiger partial charge < -0.3 is 4.57 Å². The van der Waals surface area contributed by atoms with Crippen LogP contribution in [0.5, 0.6) is 0 Å². The molecule has 4 heterocycles. The van der Waals surface area contributed by atoms with Gasteiger partial charge in [-0.3, -0.25) is 9.97 Å². The van der Waals surface area contributed by atoms with E-state index in [2.05, 4.69) is 54.4 Å². The molecule has 1 N–H and O–H groups in total. The molecule has 1 fully saturated rings. The first-order valence-electron chi connectivity index (χ1n) is 10.8. The molecule has 0 atom stereocenters. The van der Waals surface area contributed by atoms with Crippen molar-refractivity contribution >= 4 is 22.1 Å². The lowest BCUT2D eigenvalue weighted by atomic mass is 9.95. The number of imidazole rings is 1. The van der Waals surface area contributed by atoms with Gasteiger partial charge in [0.1, 0.15) is 5.82 Å². The van der Waals surface area contributed by atoms with Crippen LogP contribution in [-0.2, 0) is 6.42 Å². The maximum Gasteiger partial charge on any atom is 0.179 e. The Morgan fingerprint density at radius 1 is 0.935 bits per heavy atom. The maximum atomic E-state index is 5.06. The Morgan fingerprint density at radius 3 is 2.74 bits per heavy atom. The average Bonchev–Trinajstić information content (AvgIpc) is 3.47. The SMILES string of the molecule is c1cnc2ccc(Cc3nc4cc(-c5nnn[nH]5)ccc4n3C3CCCCC3)nc2c1. The fourth-order valence-electron chi connectivity index (χ4n) is 4.71. The zero-order valence-electron chi connectivity index (χ0n) is 17.1. The first kappa shape index (κ1) is 18.1. The lowest BCUT2D eigenvalue weighted by Crippen LogP contribution is -2.16. The van der Waals surface area contributed by atoms with Gasteiger partial charge in [0.15, 0.2) is 5.82 Å². The summed E-state index contributed by atoms with van der Waals surface area (Å²) in [6, 6.07) is 14.8. The lowest BCUT2D eigenvalue weighted by Gasteiger charge is -2.25. The standard InChI is InChI=1S/C23H22N8/c1-2-5-17(6-3-1)31-21-11-8-15(23-27-29-30-28-23)13-20(21)26-22(31)14-16-9-10-18-19(25-16)7-4-12-24-18/h4,7-13,17H,1-3,5-6,14H2,(H,27,28,29,30). The molecule has 0 unspecified atom stereocenters. The van der Waals surface area contributed by atoms with E-state index in [4.69, 9.17) is 9.97 Å². The molecule has 8 nitrogen and oxygen atoms in total. The number of aromatic amines is 1. The maximum absolute atomic E-state index is 5.06. The molecule has 31 heavy (non-hydrogen) atoms. The molecule has 1 aliphatic rings. The number of hydrogen-bond donors (Lipinski definition) is 1. The topological polar surface area (TPSA) is 98.1 Å². The molecule has 0 amide bonds. The molecular weight excluding hydrogens is 388 g/mol. The summed E-state index contributed by atoms with van der Waals surface area (Å²) >= 11 is 0. The molecule has 6 rings (SSSR count). The van der Waals surface area contributed by atoms with Gasteiger partial charge in [0, 0.05) is 29.9 Å². The zero-order valence-corrected chi connectivity index (χ0v) is 17.1. The first-order valence-corrected chi connectivity index (χ1v) is 10.8. The molecule has 8 heteroatoms. The minimum atomic E-state index is 0.480. The largest absolute Gasteiger partial charge is 0.325 e. The van der Waals surface area contributed by atoms with E-state index in [1.165, 1.54) is 37.6 Å². The van der Waals surface area contributed by atoms with Crippen LogP contribution in [0.1, 0.15) is 49.7 Å². The van der Waals surface area contributed by atoms with Gasteiger partial charge in [-0.1, -0.05) is 19.3 Å². The highest BCUT2D eigenvalue weighted by Crippen LogP contribution is 2.34. The zero-order chi connectivity index (χ0) is 20.6. The lowest BCUT2D eigenvalue weighted by molar-refractivity contribution is 0.353. The molecular formula is C23H22N8. The number of aromatic nitrogens is 8. The van der Waals surface area contributed by atoms with Crippen molar-refractivity contribution in [3.8, 4) is 11.4 Å². The monoisotopic (exact) mass is 410 g/mol. The summed E-state index contributed by atoms with van der Waals surface area (Å²) in [5, 5.41) is 14.3. The molecule has 1 aromatic carbocycles. The Kier molecular flexibility index (Phi) is 4.40. The Balaban J connectivity index is 1.45. The third kappa shape index (κ3) is 3.34. The molecule has 4 aromatic heterocycles. The minimum absolute atomic E-state index is 0.480. The summed E-state index contributed by atoms with van der Waals surface area (Å²) < 4.78 is 2.45. The van der Waals surface area contributed by atoms with Crippen LogP contribution in [0.3, 0.4) is 0 Å². The molecule has 5 aromatic rings. The van der Waals surface area contributed by atoms with E-state index >= 15 is 0 Å². The van der Waals surface area contributed by atoms with Gasteiger partial charge in [-0.25, -0.2) is 10.1 Å². The average molecular weight is 410 g/mol. The number of hydrogen-bond acceptors (Lipinski definition) is 6. The predicted molar refractivity (Wildman–Crippen MR) is 117 cm³/mol. The van der Waals surface area contributed by atoms with Gasteiger partial charge in [0.2, 0.25) is 0 Å². The van der Waals surface area contributed by atoms with E-state index < -0.39 is 0 Å². The van der Waals surface area contributed by atoms with Crippen molar-refractivity contribution in [1.82, 2.24) is 40.1 Å². The van der Waals surface area contributed by atoms with Crippen molar-refractivity contribution < 1.29 is 0 Å². The van der Waals surface area contributed by atoms with Crippen molar-refractivity contribution in [2.45, 2.75) is 44.6 Å². The van der Waals surface area contributed by atoms with E-state index in [0.717, 1.165) is 33.6 Å². The van der Waals surface area contributed by atoms with Gasteiger partial charge >= 0.3 is 0 Å². The van der Waals surface area contributed by atoms with Crippen LogP contribution in [0, 0.1) is 0 Å². The highest BCUT2D eigenvalue weighted by molar-refractivity contribution is 5.81. The van der Waals surface area contributed by atoms with Crippen LogP contribution < -0.4 is 0 Å². The van der Waals surface area contributed by atoms with E-state index in [9.17, 15) is 0 Å². The number of nitrogens with one attached hydrogen (secondary N) is 1. The van der Waals surface area contributed by atoms with Gasteiger partial charge in [-0.15, -0.1) is 5.10 Å². The van der Waals surface area contributed by atoms with Crippen molar-refractivity contribution in [3.05, 3.63) is 60.2 Å². The van der Waals surface area contributed by atoms with Crippen molar-refractivity contribution in [1.29, 1.82) is 0 Å². The summed E-state index contributed by atoms with van der Waals surface area (Å²) in [4.78, 5) is 14.3. The van der Waals surface area contributed by atoms with Crippen LogP contribution in [-0.4, -0.2) is 40.1 Å². The first-order chi connectivity index (χ1) is 15.3. The number of pyridine rings is 2. The van der Waals surface area contributed by atoms with Crippen LogP contribution in [0.2, 0.25) is 0 Å². The quantitative estimate of drug-likeness (QED) is 0.475. The smallest absolute Gasteiger partial charge is 0.179 e. The Labute approximate surface area is 178 Å². The Morgan fingerprint density at radius 2 is 1.87 bits per heavy atom. The van der Waals surface area contributed by atoms with Gasteiger partial charge in [0.25, 0.3) is 0 Å². The summed E-state index contributed by atoms with van der Waals surface area (Å²) in [5.41, 5.74) is 5.91. The van der Waals surface area contributed by atoms with Crippen molar-refractivity contribution in [3.63, 3.8) is 0 Å². The van der Waals surface area contributed by atoms with Crippen molar-refractivity contribution in [2.24, 2.45) is 0 Å². The number of benzene rings is 1. The van der Waals surface area contributed by atoms with E-state index in [-0.39, 0.29) is 0 Å². The number of nitrogens with zero attached hydrogens (tertiary/aromatic N) is 7. The predicted octanol–water partition coefficient (Wildman–Crippen LogP) is 4.26. The van der Waals surface area contributed by atoms with Crippen LogP contribution in [0.4, 0.5) is 0 Å². The van der Waals surface area contributed by atoms with E-state index in [1.54, 1.807) is 6.20 Å². The van der Waals surface area contributed by atoms with Crippen molar-refractivity contribution in [2.75, 3.05) is 0 Å². The van der Waals surface area contributed by atoms with Gasteiger partial charge in [0.05, 0.1) is 22.1 Å². The number of fused-ring (bicyclic) bond motifs is 2. The van der Waals surface area contributed by atoms with E-state index in [0.29, 0.717) is 18.3 Å². The van der Waals surface area contributed by atoms with Crippen LogP contribution in [0.15, 0.2) is 48.7 Å². The summed E-state index contributed by atoms with van der Waals surface area (Å²) in [7, 11) is 0. The second kappa shape index (κ2) is 7.54. The summed E-state index contributed by atoms with van der Waals surface area (Å²) in [6.45, 7) is 0. The fraction of sp³-hybridized carbons (Fsp3) is 0.304. The fourth-order valence-corrected chi connectivity index (χ4v) is 4.71. The van der Waals surface area contributed by atoms with Gasteiger partial charge in [-0.05, 0) is 65.7 Å². The third-order valence-electron chi connectivity index (χ3n) is 6.17. The molecule has 0 spiro atoms. The molecule has 1 saturated carbocycles. The Hall–Kier alpha value is -3.68. The van der Waals surface area contributed by atoms with Crippen LogP contribution >= 0.6 is 0 Å². The Bertz CT molecular complexity index is 1350. The number of H-pyrrole nitrogens is 1. The third-order valence-corrected chi connectivity index (χ3v) is 6.17. The summed E-state index contributed by atoms with van der Waals surface area (Å²) in [6.07, 6.45) is 8.74. The molecule has 1 aliphatic carbocycles. The second-order valence-electron chi connectivity index (χ2n) is 8.16. The molecule has 0 bridgehead atoms. The second-order valence-corrected chi connectivity index (χ2v) is 8.16. The normalized spacial score (nSPS) is 15.1. The molecule has 0 aliphatic heterocycles. The number of tetrazole rings is 1. The molecule has 0 radical (unpaired) electrons. The highest BCUT2D eigenvalue weighted by atomic mass is 15.5. The van der Waals surface area contributed by atoms with E-state index in [1.807, 2.05) is 18.2 Å². The number of rotatable bonds is 4. The van der Waals surface area contributed by atoms with Gasteiger partial charge in [-0.2, -0.15) is 0 Å². The summed E-state index contributed by atoms with van der Waals surface area (Å²) in [5.74, 6) is 1.71. The minimum Gasteiger partial charge on any atom is -0.325 e. The molecule has 154 valence electrons. The van der Waals surface area contributed by atoms with Crippen LogP contribution in [0.25, 0.3) is 33.5 Å². The highest BCUT2D eigenvalue weighted by Gasteiger charge is 2.22. The molecule has 0 saturated heterocycles.